The lowest BCUT2D eigenvalue weighted by Gasteiger charge is -2.07. The van der Waals surface area contributed by atoms with Crippen molar-refractivity contribution in [1.82, 2.24) is 9.78 Å². The minimum absolute atomic E-state index is 0.202. The Hall–Kier alpha value is -2.62. The van der Waals surface area contributed by atoms with Crippen LogP contribution in [0.15, 0.2) is 48.5 Å². The van der Waals surface area contributed by atoms with Gasteiger partial charge in [-0.1, -0.05) is 30.3 Å². The smallest absolute Gasteiger partial charge is 0.337 e. The van der Waals surface area contributed by atoms with Crippen LogP contribution in [0, 0.1) is 0 Å². The average molecular weight is 294 g/mol. The van der Waals surface area contributed by atoms with Crippen molar-refractivity contribution < 1.29 is 9.53 Å². The topological polar surface area (TPSA) is 44.1 Å². The number of methoxy groups -OCH3 is 1. The second-order valence-electron chi connectivity index (χ2n) is 5.48. The number of rotatable bonds is 3. The second-order valence-corrected chi connectivity index (χ2v) is 5.48. The maximum Gasteiger partial charge on any atom is 0.337 e. The Morgan fingerprint density at radius 2 is 1.86 bits per heavy atom. The number of hydrogen-bond donors (Lipinski definition) is 0. The van der Waals surface area contributed by atoms with Gasteiger partial charge in [0.25, 0.3) is 0 Å². The lowest BCUT2D eigenvalue weighted by molar-refractivity contribution is 0.0601. The number of ether oxygens (including phenoxy) is 1. The SMILES string of the molecule is COC(=O)c1ccc2c(-c3ccccc3)nn(C(C)C)c2c1. The molecular formula is C18H18N2O2. The van der Waals surface area contributed by atoms with Crippen LogP contribution >= 0.6 is 0 Å². The van der Waals surface area contributed by atoms with E-state index >= 15 is 0 Å². The summed E-state index contributed by atoms with van der Waals surface area (Å²) in [5, 5.41) is 5.78. The van der Waals surface area contributed by atoms with Crippen molar-refractivity contribution >= 4 is 16.9 Å². The van der Waals surface area contributed by atoms with E-state index in [9.17, 15) is 4.79 Å². The van der Waals surface area contributed by atoms with E-state index in [1.54, 1.807) is 6.07 Å². The van der Waals surface area contributed by atoms with Gasteiger partial charge in [-0.25, -0.2) is 4.79 Å². The Bertz CT molecular complexity index is 820. The molecule has 0 fully saturated rings. The summed E-state index contributed by atoms with van der Waals surface area (Å²) in [6.07, 6.45) is 0. The third-order valence-electron chi connectivity index (χ3n) is 3.66. The Balaban J connectivity index is 2.26. The highest BCUT2D eigenvalue weighted by atomic mass is 16.5. The number of esters is 1. The van der Waals surface area contributed by atoms with Crippen molar-refractivity contribution in [2.45, 2.75) is 19.9 Å². The first-order valence-electron chi connectivity index (χ1n) is 7.28. The maximum absolute atomic E-state index is 11.8. The fraction of sp³-hybridized carbons (Fsp3) is 0.222. The molecule has 4 heteroatoms. The first kappa shape index (κ1) is 14.3. The van der Waals surface area contributed by atoms with E-state index in [4.69, 9.17) is 9.84 Å². The van der Waals surface area contributed by atoms with Gasteiger partial charge in [-0.15, -0.1) is 0 Å². The molecule has 0 N–H and O–H groups in total. The predicted molar refractivity (Wildman–Crippen MR) is 86.9 cm³/mol. The van der Waals surface area contributed by atoms with Crippen LogP contribution in [0.4, 0.5) is 0 Å². The first-order chi connectivity index (χ1) is 10.6. The van der Waals surface area contributed by atoms with Crippen molar-refractivity contribution in [3.05, 3.63) is 54.1 Å². The van der Waals surface area contributed by atoms with Gasteiger partial charge in [0.15, 0.2) is 0 Å². The van der Waals surface area contributed by atoms with Gasteiger partial charge in [-0.05, 0) is 32.0 Å². The van der Waals surface area contributed by atoms with E-state index in [0.717, 1.165) is 22.2 Å². The van der Waals surface area contributed by atoms with Gasteiger partial charge in [0.2, 0.25) is 0 Å². The Kier molecular flexibility index (Phi) is 3.67. The van der Waals surface area contributed by atoms with Gasteiger partial charge in [-0.3, -0.25) is 4.68 Å². The lowest BCUT2D eigenvalue weighted by Crippen LogP contribution is -2.04. The highest BCUT2D eigenvalue weighted by Crippen LogP contribution is 2.30. The van der Waals surface area contributed by atoms with Crippen LogP contribution in [0.2, 0.25) is 0 Å². The van der Waals surface area contributed by atoms with Gasteiger partial charge >= 0.3 is 5.97 Å². The third-order valence-corrected chi connectivity index (χ3v) is 3.66. The van der Waals surface area contributed by atoms with Crippen LogP contribution in [-0.2, 0) is 4.74 Å². The van der Waals surface area contributed by atoms with Crippen molar-refractivity contribution in [2.75, 3.05) is 7.11 Å². The van der Waals surface area contributed by atoms with Crippen molar-refractivity contribution in [1.29, 1.82) is 0 Å². The molecule has 3 aromatic rings. The molecule has 0 radical (unpaired) electrons. The summed E-state index contributed by atoms with van der Waals surface area (Å²) in [5.41, 5.74) is 3.48. The molecule has 22 heavy (non-hydrogen) atoms. The number of carbonyl (C=O) groups excluding carboxylic acids is 1. The Labute approximate surface area is 129 Å². The molecule has 0 aliphatic rings. The highest BCUT2D eigenvalue weighted by Gasteiger charge is 2.16. The molecule has 4 nitrogen and oxygen atoms in total. The number of carbonyl (C=O) groups is 1. The first-order valence-corrected chi connectivity index (χ1v) is 7.28. The molecule has 0 aliphatic carbocycles. The zero-order chi connectivity index (χ0) is 15.7. The second kappa shape index (κ2) is 5.64. The normalized spacial score (nSPS) is 11.1. The molecular weight excluding hydrogens is 276 g/mol. The van der Waals surface area contributed by atoms with E-state index in [-0.39, 0.29) is 12.0 Å². The highest BCUT2D eigenvalue weighted by molar-refractivity contribution is 5.99. The minimum atomic E-state index is -0.334. The van der Waals surface area contributed by atoms with E-state index < -0.39 is 0 Å². The largest absolute Gasteiger partial charge is 0.465 e. The van der Waals surface area contributed by atoms with Gasteiger partial charge in [-0.2, -0.15) is 5.10 Å². The summed E-state index contributed by atoms with van der Waals surface area (Å²) >= 11 is 0. The summed E-state index contributed by atoms with van der Waals surface area (Å²) in [6, 6.07) is 15.8. The number of nitrogens with zero attached hydrogens (tertiary/aromatic N) is 2. The number of aromatic nitrogens is 2. The molecule has 0 saturated carbocycles. The zero-order valence-corrected chi connectivity index (χ0v) is 12.9. The van der Waals surface area contributed by atoms with Crippen molar-refractivity contribution in [3.8, 4) is 11.3 Å². The lowest BCUT2D eigenvalue weighted by atomic mass is 10.1. The molecule has 0 aliphatic heterocycles. The summed E-state index contributed by atoms with van der Waals surface area (Å²) in [5.74, 6) is -0.334. The Morgan fingerprint density at radius 3 is 2.50 bits per heavy atom. The summed E-state index contributed by atoms with van der Waals surface area (Å²) in [7, 11) is 1.39. The fourth-order valence-electron chi connectivity index (χ4n) is 2.58. The molecule has 0 unspecified atom stereocenters. The van der Waals surface area contributed by atoms with Gasteiger partial charge in [0.05, 0.1) is 18.2 Å². The van der Waals surface area contributed by atoms with E-state index in [2.05, 4.69) is 13.8 Å². The van der Waals surface area contributed by atoms with E-state index in [1.165, 1.54) is 7.11 Å². The molecule has 112 valence electrons. The van der Waals surface area contributed by atoms with E-state index in [0.29, 0.717) is 5.56 Å². The van der Waals surface area contributed by atoms with Gasteiger partial charge in [0.1, 0.15) is 5.69 Å². The van der Waals surface area contributed by atoms with Crippen LogP contribution in [-0.4, -0.2) is 22.9 Å². The van der Waals surface area contributed by atoms with Crippen LogP contribution < -0.4 is 0 Å². The van der Waals surface area contributed by atoms with Crippen molar-refractivity contribution in [3.63, 3.8) is 0 Å². The number of fused-ring (bicyclic) bond motifs is 1. The Morgan fingerprint density at radius 1 is 1.14 bits per heavy atom. The monoisotopic (exact) mass is 294 g/mol. The van der Waals surface area contributed by atoms with Gasteiger partial charge in [0, 0.05) is 17.0 Å². The molecule has 0 saturated heterocycles. The number of hydrogen-bond acceptors (Lipinski definition) is 3. The predicted octanol–water partition coefficient (Wildman–Crippen LogP) is 4.07. The standard InChI is InChI=1S/C18H18N2O2/c1-12(2)20-16-11-14(18(21)22-3)9-10-15(16)17(19-20)13-7-5-4-6-8-13/h4-12H,1-3H3. The number of benzene rings is 2. The molecule has 0 spiro atoms. The zero-order valence-electron chi connectivity index (χ0n) is 12.9. The molecule has 1 aromatic heterocycles. The summed E-state index contributed by atoms with van der Waals surface area (Å²) < 4.78 is 6.76. The third kappa shape index (κ3) is 2.37. The fourth-order valence-corrected chi connectivity index (χ4v) is 2.58. The molecule has 0 atom stereocenters. The molecule has 0 bridgehead atoms. The molecule has 1 heterocycles. The molecule has 3 rings (SSSR count). The molecule has 0 amide bonds. The van der Waals surface area contributed by atoms with Crippen LogP contribution in [0.3, 0.4) is 0 Å². The van der Waals surface area contributed by atoms with Crippen LogP contribution in [0.25, 0.3) is 22.2 Å². The quantitative estimate of drug-likeness (QED) is 0.684. The van der Waals surface area contributed by atoms with Crippen LogP contribution in [0.5, 0.6) is 0 Å². The van der Waals surface area contributed by atoms with Gasteiger partial charge < -0.3 is 4.74 Å². The van der Waals surface area contributed by atoms with E-state index in [1.807, 2.05) is 47.1 Å². The summed E-state index contributed by atoms with van der Waals surface area (Å²) in [4.78, 5) is 11.8. The molecule has 2 aromatic carbocycles. The average Bonchev–Trinajstić information content (AvgIpc) is 2.94. The van der Waals surface area contributed by atoms with Crippen molar-refractivity contribution in [2.24, 2.45) is 0 Å². The van der Waals surface area contributed by atoms with Crippen LogP contribution in [0.1, 0.15) is 30.2 Å². The maximum atomic E-state index is 11.8. The summed E-state index contributed by atoms with van der Waals surface area (Å²) in [6.45, 7) is 4.15. The minimum Gasteiger partial charge on any atom is -0.465 e.